The van der Waals surface area contributed by atoms with Crippen LogP contribution < -0.4 is 5.32 Å². The average molecular weight is 175 g/mol. The van der Waals surface area contributed by atoms with Gasteiger partial charge in [0, 0.05) is 12.6 Å². The van der Waals surface area contributed by atoms with E-state index in [0.717, 1.165) is 12.6 Å². The zero-order chi connectivity index (χ0) is 9.10. The maximum absolute atomic E-state index is 3.55. The molecule has 13 heavy (non-hydrogen) atoms. The fourth-order valence-electron chi connectivity index (χ4n) is 1.58. The Morgan fingerprint density at radius 1 is 1.23 bits per heavy atom. The predicted molar refractivity (Wildman–Crippen MR) is 55.7 cm³/mol. The lowest BCUT2D eigenvalue weighted by molar-refractivity contribution is 0.338. The van der Waals surface area contributed by atoms with E-state index in [4.69, 9.17) is 0 Å². The number of hydrogen-bond acceptors (Lipinski definition) is 1. The standard InChI is InChI=1S/C12H17N/c1-10-5-7-11(8-6-10)9-13-12-3-2-4-12/h5-8,12-13H,2-4,9H2,1H3. The minimum atomic E-state index is 0.793. The van der Waals surface area contributed by atoms with Gasteiger partial charge in [0.2, 0.25) is 0 Å². The Labute approximate surface area is 80.2 Å². The molecule has 0 aliphatic heterocycles. The number of hydrogen-bond donors (Lipinski definition) is 1. The first-order valence-corrected chi connectivity index (χ1v) is 5.13. The monoisotopic (exact) mass is 175 g/mol. The molecular formula is C12H17N. The van der Waals surface area contributed by atoms with Crippen molar-refractivity contribution in [3.63, 3.8) is 0 Å². The van der Waals surface area contributed by atoms with Gasteiger partial charge in [-0.15, -0.1) is 0 Å². The lowest BCUT2D eigenvalue weighted by atomic mass is 9.93. The van der Waals surface area contributed by atoms with Gasteiger partial charge in [0.25, 0.3) is 0 Å². The van der Waals surface area contributed by atoms with Gasteiger partial charge in [-0.05, 0) is 25.3 Å². The van der Waals surface area contributed by atoms with E-state index in [1.807, 2.05) is 0 Å². The Kier molecular flexibility index (Phi) is 2.65. The Balaban J connectivity index is 1.83. The summed E-state index contributed by atoms with van der Waals surface area (Å²) in [5.41, 5.74) is 2.74. The van der Waals surface area contributed by atoms with Gasteiger partial charge in [0.1, 0.15) is 0 Å². The first-order chi connectivity index (χ1) is 6.34. The van der Waals surface area contributed by atoms with Crippen molar-refractivity contribution in [2.75, 3.05) is 0 Å². The smallest absolute Gasteiger partial charge is 0.0208 e. The van der Waals surface area contributed by atoms with Crippen molar-refractivity contribution in [3.8, 4) is 0 Å². The Morgan fingerprint density at radius 3 is 2.46 bits per heavy atom. The van der Waals surface area contributed by atoms with Crippen LogP contribution in [-0.2, 0) is 6.54 Å². The molecule has 1 aromatic carbocycles. The highest BCUT2D eigenvalue weighted by molar-refractivity contribution is 5.21. The zero-order valence-corrected chi connectivity index (χ0v) is 8.22. The summed E-state index contributed by atoms with van der Waals surface area (Å²) in [6.07, 6.45) is 4.14. The lowest BCUT2D eigenvalue weighted by Crippen LogP contribution is -2.34. The molecule has 1 N–H and O–H groups in total. The highest BCUT2D eigenvalue weighted by atomic mass is 14.9. The van der Waals surface area contributed by atoms with Crippen LogP contribution in [0.1, 0.15) is 30.4 Å². The number of rotatable bonds is 3. The summed E-state index contributed by atoms with van der Waals surface area (Å²) in [7, 11) is 0. The van der Waals surface area contributed by atoms with Gasteiger partial charge in [-0.3, -0.25) is 0 Å². The normalized spacial score (nSPS) is 17.0. The number of benzene rings is 1. The van der Waals surface area contributed by atoms with E-state index in [9.17, 15) is 0 Å². The number of nitrogens with one attached hydrogen (secondary N) is 1. The van der Waals surface area contributed by atoms with Gasteiger partial charge in [-0.1, -0.05) is 36.2 Å². The molecule has 1 aromatic rings. The van der Waals surface area contributed by atoms with E-state index in [-0.39, 0.29) is 0 Å². The molecule has 1 saturated carbocycles. The summed E-state index contributed by atoms with van der Waals surface area (Å²) >= 11 is 0. The molecule has 0 aromatic heterocycles. The van der Waals surface area contributed by atoms with Crippen molar-refractivity contribution >= 4 is 0 Å². The summed E-state index contributed by atoms with van der Waals surface area (Å²) in [6, 6.07) is 9.57. The predicted octanol–water partition coefficient (Wildman–Crippen LogP) is 2.64. The molecule has 1 aliphatic carbocycles. The summed E-state index contributed by atoms with van der Waals surface area (Å²) in [5, 5.41) is 3.55. The lowest BCUT2D eigenvalue weighted by Gasteiger charge is -2.26. The third-order valence-corrected chi connectivity index (χ3v) is 2.82. The molecule has 0 amide bonds. The second kappa shape index (κ2) is 3.93. The zero-order valence-electron chi connectivity index (χ0n) is 8.22. The van der Waals surface area contributed by atoms with E-state index in [2.05, 4.69) is 36.5 Å². The quantitative estimate of drug-likeness (QED) is 0.744. The topological polar surface area (TPSA) is 12.0 Å². The summed E-state index contributed by atoms with van der Waals surface area (Å²) in [4.78, 5) is 0. The van der Waals surface area contributed by atoms with Crippen molar-refractivity contribution in [2.24, 2.45) is 0 Å². The Hall–Kier alpha value is -0.820. The summed E-state index contributed by atoms with van der Waals surface area (Å²) in [6.45, 7) is 3.16. The van der Waals surface area contributed by atoms with Crippen molar-refractivity contribution in [3.05, 3.63) is 35.4 Å². The second-order valence-corrected chi connectivity index (χ2v) is 3.99. The maximum Gasteiger partial charge on any atom is 0.0208 e. The molecule has 1 aliphatic rings. The van der Waals surface area contributed by atoms with E-state index in [1.165, 1.54) is 30.4 Å². The van der Waals surface area contributed by atoms with Crippen molar-refractivity contribution in [2.45, 2.75) is 38.8 Å². The second-order valence-electron chi connectivity index (χ2n) is 3.99. The average Bonchev–Trinajstić information content (AvgIpc) is 2.05. The third-order valence-electron chi connectivity index (χ3n) is 2.82. The SMILES string of the molecule is Cc1ccc(CNC2CCC2)cc1. The number of aryl methyl sites for hydroxylation is 1. The molecule has 0 spiro atoms. The van der Waals surface area contributed by atoms with E-state index in [0.29, 0.717) is 0 Å². The molecule has 1 nitrogen and oxygen atoms in total. The van der Waals surface area contributed by atoms with Crippen LogP contribution in [0.3, 0.4) is 0 Å². The highest BCUT2D eigenvalue weighted by Crippen LogP contribution is 2.18. The molecule has 1 fully saturated rings. The Bertz CT molecular complexity index is 259. The Morgan fingerprint density at radius 2 is 1.92 bits per heavy atom. The fourth-order valence-corrected chi connectivity index (χ4v) is 1.58. The van der Waals surface area contributed by atoms with Crippen LogP contribution in [0.2, 0.25) is 0 Å². The van der Waals surface area contributed by atoms with Crippen LogP contribution in [0, 0.1) is 6.92 Å². The van der Waals surface area contributed by atoms with Crippen molar-refractivity contribution in [1.29, 1.82) is 0 Å². The molecular weight excluding hydrogens is 158 g/mol. The summed E-state index contributed by atoms with van der Waals surface area (Å²) in [5.74, 6) is 0. The minimum Gasteiger partial charge on any atom is -0.310 e. The van der Waals surface area contributed by atoms with Gasteiger partial charge >= 0.3 is 0 Å². The molecule has 1 heteroatoms. The molecule has 0 heterocycles. The van der Waals surface area contributed by atoms with Crippen molar-refractivity contribution in [1.82, 2.24) is 5.32 Å². The van der Waals surface area contributed by atoms with E-state index < -0.39 is 0 Å². The minimum absolute atomic E-state index is 0.793. The molecule has 2 rings (SSSR count). The van der Waals surface area contributed by atoms with Crippen LogP contribution in [0.25, 0.3) is 0 Å². The largest absolute Gasteiger partial charge is 0.310 e. The van der Waals surface area contributed by atoms with E-state index >= 15 is 0 Å². The van der Waals surface area contributed by atoms with Gasteiger partial charge in [-0.2, -0.15) is 0 Å². The van der Waals surface area contributed by atoms with Crippen LogP contribution in [0.15, 0.2) is 24.3 Å². The van der Waals surface area contributed by atoms with Crippen LogP contribution in [0.5, 0.6) is 0 Å². The highest BCUT2D eigenvalue weighted by Gasteiger charge is 2.15. The van der Waals surface area contributed by atoms with Crippen LogP contribution in [-0.4, -0.2) is 6.04 Å². The molecule has 0 radical (unpaired) electrons. The maximum atomic E-state index is 3.55. The molecule has 70 valence electrons. The van der Waals surface area contributed by atoms with Crippen LogP contribution >= 0.6 is 0 Å². The fraction of sp³-hybridized carbons (Fsp3) is 0.500. The molecule has 0 unspecified atom stereocenters. The van der Waals surface area contributed by atoms with Gasteiger partial charge in [0.05, 0.1) is 0 Å². The van der Waals surface area contributed by atoms with Gasteiger partial charge < -0.3 is 5.32 Å². The molecule has 0 saturated heterocycles. The summed E-state index contributed by atoms with van der Waals surface area (Å²) < 4.78 is 0. The van der Waals surface area contributed by atoms with E-state index in [1.54, 1.807) is 0 Å². The van der Waals surface area contributed by atoms with Crippen molar-refractivity contribution < 1.29 is 0 Å². The molecule has 0 atom stereocenters. The van der Waals surface area contributed by atoms with Gasteiger partial charge in [-0.25, -0.2) is 0 Å². The molecule has 0 bridgehead atoms. The van der Waals surface area contributed by atoms with Gasteiger partial charge in [0.15, 0.2) is 0 Å². The first kappa shape index (κ1) is 8.76. The third kappa shape index (κ3) is 2.31. The van der Waals surface area contributed by atoms with Crippen LogP contribution in [0.4, 0.5) is 0 Å². The first-order valence-electron chi connectivity index (χ1n) is 5.13.